The predicted molar refractivity (Wildman–Crippen MR) is 48.8 cm³/mol. The van der Waals surface area contributed by atoms with Gasteiger partial charge in [-0.1, -0.05) is 4.98 Å². The van der Waals surface area contributed by atoms with Crippen LogP contribution in [0.25, 0.3) is 0 Å². The molecule has 0 N–H and O–H groups in total. The summed E-state index contributed by atoms with van der Waals surface area (Å²) < 4.78 is 1.52. The van der Waals surface area contributed by atoms with Gasteiger partial charge < -0.3 is 10.1 Å². The molecule has 0 saturated heterocycles. The van der Waals surface area contributed by atoms with Crippen molar-refractivity contribution in [3.8, 4) is 0 Å². The first-order valence-electron chi connectivity index (χ1n) is 3.97. The summed E-state index contributed by atoms with van der Waals surface area (Å²) in [5, 5.41) is 10.4. The second-order valence-corrected chi connectivity index (χ2v) is 2.95. The fraction of sp³-hybridized carbons (Fsp3) is 0.571. The predicted octanol–water partition coefficient (Wildman–Crippen LogP) is 1.81. The molecule has 0 radical (unpaired) electrons. The molecule has 6 heteroatoms. The van der Waals surface area contributed by atoms with E-state index >= 15 is 0 Å². The molecule has 0 amide bonds. The summed E-state index contributed by atoms with van der Waals surface area (Å²) >= 11 is 5.49. The Bertz CT molecular complexity index is 287. The number of imidazole rings is 1. The molecule has 0 spiro atoms. The Morgan fingerprint density at radius 3 is 3.00 bits per heavy atom. The molecule has 13 heavy (non-hydrogen) atoms. The lowest BCUT2D eigenvalue weighted by atomic mass is 10.3. The highest BCUT2D eigenvalue weighted by atomic mass is 35.5. The van der Waals surface area contributed by atoms with E-state index in [4.69, 9.17) is 11.6 Å². The van der Waals surface area contributed by atoms with Crippen LogP contribution in [0, 0.1) is 10.1 Å². The second-order valence-electron chi connectivity index (χ2n) is 2.57. The van der Waals surface area contributed by atoms with Crippen molar-refractivity contribution in [3.05, 3.63) is 22.5 Å². The number of hydrogen-bond acceptors (Lipinski definition) is 3. The maximum absolute atomic E-state index is 10.4. The lowest BCUT2D eigenvalue weighted by Crippen LogP contribution is -2.03. The van der Waals surface area contributed by atoms with Gasteiger partial charge in [0.25, 0.3) is 0 Å². The Balaban J connectivity index is 2.55. The van der Waals surface area contributed by atoms with E-state index < -0.39 is 4.92 Å². The molecule has 0 aromatic carbocycles. The van der Waals surface area contributed by atoms with Crippen LogP contribution in [-0.2, 0) is 6.54 Å². The number of alkyl halides is 1. The summed E-state index contributed by atoms with van der Waals surface area (Å²) in [6.45, 7) is 0.600. The van der Waals surface area contributed by atoms with Crippen molar-refractivity contribution in [3.63, 3.8) is 0 Å². The minimum Gasteiger partial charge on any atom is -0.390 e. The Labute approximate surface area is 80.5 Å². The molecule has 1 aromatic heterocycles. The smallest absolute Gasteiger partial charge is 0.390 e. The van der Waals surface area contributed by atoms with E-state index in [-0.39, 0.29) is 5.95 Å². The molecule has 1 aromatic rings. The van der Waals surface area contributed by atoms with Gasteiger partial charge >= 0.3 is 5.95 Å². The van der Waals surface area contributed by atoms with Crippen molar-refractivity contribution in [2.75, 3.05) is 5.88 Å². The highest BCUT2D eigenvalue weighted by Crippen LogP contribution is 2.08. The number of halogens is 1. The maximum Gasteiger partial charge on any atom is 0.434 e. The van der Waals surface area contributed by atoms with Gasteiger partial charge in [-0.25, -0.2) is 4.57 Å². The van der Waals surface area contributed by atoms with E-state index in [9.17, 15) is 10.1 Å². The van der Waals surface area contributed by atoms with Gasteiger partial charge in [-0.2, -0.15) is 0 Å². The number of aromatic nitrogens is 2. The molecule has 0 aliphatic heterocycles. The van der Waals surface area contributed by atoms with E-state index in [2.05, 4.69) is 4.98 Å². The summed E-state index contributed by atoms with van der Waals surface area (Å²) in [5.74, 6) is 0.484. The molecule has 0 bridgehead atoms. The lowest BCUT2D eigenvalue weighted by molar-refractivity contribution is -0.396. The SMILES string of the molecule is O=[N+]([O-])c1nccn1CCCCCl. The average molecular weight is 204 g/mol. The monoisotopic (exact) mass is 203 g/mol. The van der Waals surface area contributed by atoms with Crippen LogP contribution >= 0.6 is 11.6 Å². The average Bonchev–Trinajstić information content (AvgIpc) is 2.53. The van der Waals surface area contributed by atoms with Crippen molar-refractivity contribution in [2.45, 2.75) is 19.4 Å². The molecule has 0 aliphatic carbocycles. The van der Waals surface area contributed by atoms with Crippen LogP contribution in [0.4, 0.5) is 5.95 Å². The summed E-state index contributed by atoms with van der Waals surface area (Å²) in [7, 11) is 0. The minimum absolute atomic E-state index is 0.102. The number of aryl methyl sites for hydroxylation is 1. The van der Waals surface area contributed by atoms with E-state index in [1.807, 2.05) is 0 Å². The zero-order valence-corrected chi connectivity index (χ0v) is 7.78. The van der Waals surface area contributed by atoms with Crippen molar-refractivity contribution >= 4 is 17.5 Å². The normalized spacial score (nSPS) is 10.2. The molecule has 0 fully saturated rings. The minimum atomic E-state index is -0.485. The van der Waals surface area contributed by atoms with Gasteiger partial charge in [0.2, 0.25) is 0 Å². The molecule has 0 saturated carbocycles. The summed E-state index contributed by atoms with van der Waals surface area (Å²) in [5.41, 5.74) is 0. The third kappa shape index (κ3) is 2.69. The third-order valence-corrected chi connectivity index (χ3v) is 1.91. The molecule has 0 aliphatic rings. The van der Waals surface area contributed by atoms with E-state index in [0.29, 0.717) is 12.4 Å². The van der Waals surface area contributed by atoms with Crippen LogP contribution in [0.3, 0.4) is 0 Å². The maximum atomic E-state index is 10.4. The number of rotatable bonds is 5. The van der Waals surface area contributed by atoms with Crippen LogP contribution in [0.15, 0.2) is 12.4 Å². The molecular weight excluding hydrogens is 194 g/mol. The molecule has 1 heterocycles. The molecule has 5 nitrogen and oxygen atoms in total. The standard InChI is InChI=1S/C7H10ClN3O2/c8-3-1-2-5-10-6-4-9-7(10)11(12)13/h4,6H,1-3,5H2. The zero-order chi connectivity index (χ0) is 9.68. The van der Waals surface area contributed by atoms with Gasteiger partial charge in [-0.3, -0.25) is 0 Å². The van der Waals surface area contributed by atoms with Gasteiger partial charge in [-0.05, 0) is 17.8 Å². The second kappa shape index (κ2) is 4.81. The van der Waals surface area contributed by atoms with Gasteiger partial charge in [0.05, 0.1) is 6.54 Å². The Hall–Kier alpha value is -1.10. The molecule has 0 atom stereocenters. The van der Waals surface area contributed by atoms with Crippen LogP contribution in [0.2, 0.25) is 0 Å². The number of nitro groups is 1. The van der Waals surface area contributed by atoms with Crippen LogP contribution in [0.5, 0.6) is 0 Å². The quantitative estimate of drug-likeness (QED) is 0.317. The third-order valence-electron chi connectivity index (χ3n) is 1.64. The van der Waals surface area contributed by atoms with Gasteiger partial charge in [0, 0.05) is 5.88 Å². The molecule has 1 rings (SSSR count). The topological polar surface area (TPSA) is 61.0 Å². The lowest BCUT2D eigenvalue weighted by Gasteiger charge is -1.99. The zero-order valence-electron chi connectivity index (χ0n) is 7.02. The Kier molecular flexibility index (Phi) is 3.70. The van der Waals surface area contributed by atoms with Crippen molar-refractivity contribution in [2.24, 2.45) is 0 Å². The van der Waals surface area contributed by atoms with E-state index in [1.165, 1.54) is 10.8 Å². The van der Waals surface area contributed by atoms with E-state index in [0.717, 1.165) is 12.8 Å². The summed E-state index contributed by atoms with van der Waals surface area (Å²) in [4.78, 5) is 13.6. The largest absolute Gasteiger partial charge is 0.434 e. The number of nitrogens with zero attached hydrogens (tertiary/aromatic N) is 3. The van der Waals surface area contributed by atoms with Crippen LogP contribution < -0.4 is 0 Å². The first-order chi connectivity index (χ1) is 6.25. The van der Waals surface area contributed by atoms with Gasteiger partial charge in [-0.15, -0.1) is 11.6 Å². The first-order valence-corrected chi connectivity index (χ1v) is 4.50. The number of unbranched alkanes of at least 4 members (excludes halogenated alkanes) is 1. The van der Waals surface area contributed by atoms with Gasteiger partial charge in [0.1, 0.15) is 12.4 Å². The number of hydrogen-bond donors (Lipinski definition) is 0. The van der Waals surface area contributed by atoms with E-state index in [1.54, 1.807) is 6.20 Å². The van der Waals surface area contributed by atoms with Crippen LogP contribution in [-0.4, -0.2) is 20.4 Å². The summed E-state index contributed by atoms with van der Waals surface area (Å²) in [6, 6.07) is 0. The Morgan fingerprint density at radius 1 is 1.62 bits per heavy atom. The van der Waals surface area contributed by atoms with Gasteiger partial charge in [0.15, 0.2) is 0 Å². The van der Waals surface area contributed by atoms with Crippen LogP contribution in [0.1, 0.15) is 12.8 Å². The fourth-order valence-electron chi connectivity index (χ4n) is 1.02. The van der Waals surface area contributed by atoms with Crippen molar-refractivity contribution in [1.82, 2.24) is 9.55 Å². The molecule has 72 valence electrons. The highest BCUT2D eigenvalue weighted by Gasteiger charge is 2.12. The molecule has 0 unspecified atom stereocenters. The first kappa shape index (κ1) is 9.98. The summed E-state index contributed by atoms with van der Waals surface area (Å²) in [6.07, 6.45) is 4.72. The fourth-order valence-corrected chi connectivity index (χ4v) is 1.21. The Morgan fingerprint density at radius 2 is 2.38 bits per heavy atom. The highest BCUT2D eigenvalue weighted by molar-refractivity contribution is 6.17. The van der Waals surface area contributed by atoms with Crippen molar-refractivity contribution in [1.29, 1.82) is 0 Å². The molecular formula is C7H10ClN3O2. The van der Waals surface area contributed by atoms with Crippen molar-refractivity contribution < 1.29 is 4.92 Å².